The first-order chi connectivity index (χ1) is 14.1. The van der Waals surface area contributed by atoms with Crippen molar-refractivity contribution in [1.29, 1.82) is 0 Å². The predicted octanol–water partition coefficient (Wildman–Crippen LogP) is 2.95. The molecule has 0 bridgehead atoms. The van der Waals surface area contributed by atoms with Crippen molar-refractivity contribution in [2.45, 2.75) is 32.7 Å². The lowest BCUT2D eigenvalue weighted by atomic mass is 9.92. The Morgan fingerprint density at radius 1 is 1.17 bits per heavy atom. The summed E-state index contributed by atoms with van der Waals surface area (Å²) in [4.78, 5) is 19.5. The molecule has 7 heteroatoms. The van der Waals surface area contributed by atoms with Gasteiger partial charge in [0, 0.05) is 51.1 Å². The van der Waals surface area contributed by atoms with Crippen LogP contribution >= 0.6 is 0 Å². The van der Waals surface area contributed by atoms with Crippen LogP contribution in [0.3, 0.4) is 0 Å². The van der Waals surface area contributed by atoms with Gasteiger partial charge in [0.15, 0.2) is 0 Å². The topological polar surface area (TPSA) is 65.8 Å². The average molecular weight is 402 g/mol. The van der Waals surface area contributed by atoms with Crippen molar-refractivity contribution in [2.75, 3.05) is 41.0 Å². The second-order valence-corrected chi connectivity index (χ2v) is 7.47. The molecular formula is C22H31N3O4. The molecule has 3 rings (SSSR count). The number of benzene rings is 1. The van der Waals surface area contributed by atoms with E-state index in [2.05, 4.69) is 16.5 Å². The van der Waals surface area contributed by atoms with Crippen LogP contribution in [0.1, 0.15) is 34.7 Å². The zero-order valence-corrected chi connectivity index (χ0v) is 17.8. The first kappa shape index (κ1) is 21.2. The van der Waals surface area contributed by atoms with Gasteiger partial charge < -0.3 is 23.7 Å². The van der Waals surface area contributed by atoms with Gasteiger partial charge in [-0.2, -0.15) is 0 Å². The highest BCUT2D eigenvalue weighted by atomic mass is 16.5. The van der Waals surface area contributed by atoms with Gasteiger partial charge >= 0.3 is 0 Å². The Hall–Kier alpha value is -2.54. The molecule has 1 fully saturated rings. The molecule has 0 unspecified atom stereocenters. The molecule has 0 saturated carbocycles. The van der Waals surface area contributed by atoms with Crippen LogP contribution in [0, 0.1) is 12.8 Å². The maximum absolute atomic E-state index is 13.0. The summed E-state index contributed by atoms with van der Waals surface area (Å²) in [5, 5.41) is 0. The number of carbonyl (C=O) groups excluding carboxylic acids is 1. The van der Waals surface area contributed by atoms with E-state index in [4.69, 9.17) is 14.2 Å². The number of aryl methyl sites for hydroxylation is 1. The van der Waals surface area contributed by atoms with E-state index >= 15 is 0 Å². The fourth-order valence-electron chi connectivity index (χ4n) is 3.91. The van der Waals surface area contributed by atoms with Crippen LogP contribution < -0.4 is 9.47 Å². The second kappa shape index (κ2) is 9.78. The van der Waals surface area contributed by atoms with Gasteiger partial charge in [-0.25, -0.2) is 4.98 Å². The van der Waals surface area contributed by atoms with Crippen molar-refractivity contribution in [1.82, 2.24) is 14.5 Å². The van der Waals surface area contributed by atoms with E-state index < -0.39 is 0 Å². The number of aromatic nitrogens is 2. The zero-order chi connectivity index (χ0) is 20.8. The number of carbonyl (C=O) groups is 1. The molecule has 158 valence electrons. The fourth-order valence-corrected chi connectivity index (χ4v) is 3.91. The van der Waals surface area contributed by atoms with Gasteiger partial charge in [0.05, 0.1) is 26.4 Å². The van der Waals surface area contributed by atoms with Crippen molar-refractivity contribution in [3.8, 4) is 11.5 Å². The molecule has 2 heterocycles. The van der Waals surface area contributed by atoms with E-state index in [-0.39, 0.29) is 5.91 Å². The third-order valence-corrected chi connectivity index (χ3v) is 5.67. The Labute approximate surface area is 172 Å². The maximum atomic E-state index is 13.0. The van der Waals surface area contributed by atoms with Gasteiger partial charge in [-0.05, 0) is 37.8 Å². The monoisotopic (exact) mass is 401 g/mol. The number of hydrogen-bond donors (Lipinski definition) is 0. The number of hydrogen-bond acceptors (Lipinski definition) is 5. The first-order valence-corrected chi connectivity index (χ1v) is 10.1. The Balaban J connectivity index is 1.60. The van der Waals surface area contributed by atoms with Crippen LogP contribution in [-0.4, -0.2) is 61.4 Å². The quantitative estimate of drug-likeness (QED) is 0.680. The minimum absolute atomic E-state index is 0.0143. The standard InChI is InChI=1S/C22H31N3O4/c1-16-15-23-21(25(16)11-12-27-2)13-17-7-9-24(10-8-17)22(26)19-6-5-18(28-3)14-20(19)29-4/h5-6,14-15,17H,7-13H2,1-4H3. The van der Waals surface area contributed by atoms with Gasteiger partial charge in [-0.1, -0.05) is 0 Å². The molecule has 0 radical (unpaired) electrons. The van der Waals surface area contributed by atoms with E-state index in [1.54, 1.807) is 39.5 Å². The smallest absolute Gasteiger partial charge is 0.257 e. The van der Waals surface area contributed by atoms with E-state index in [1.165, 1.54) is 0 Å². The van der Waals surface area contributed by atoms with Gasteiger partial charge in [0.25, 0.3) is 5.91 Å². The molecule has 1 saturated heterocycles. The predicted molar refractivity (Wildman–Crippen MR) is 111 cm³/mol. The number of nitrogens with zero attached hydrogens (tertiary/aromatic N) is 3. The Morgan fingerprint density at radius 2 is 1.93 bits per heavy atom. The molecule has 29 heavy (non-hydrogen) atoms. The number of imidazole rings is 1. The zero-order valence-electron chi connectivity index (χ0n) is 17.8. The summed E-state index contributed by atoms with van der Waals surface area (Å²) in [7, 11) is 4.89. The van der Waals surface area contributed by atoms with E-state index in [0.29, 0.717) is 29.6 Å². The van der Waals surface area contributed by atoms with Crippen LogP contribution in [-0.2, 0) is 17.7 Å². The maximum Gasteiger partial charge on any atom is 0.257 e. The summed E-state index contributed by atoms with van der Waals surface area (Å²) in [5.41, 5.74) is 1.74. The summed E-state index contributed by atoms with van der Waals surface area (Å²) in [6.07, 6.45) is 4.81. The summed E-state index contributed by atoms with van der Waals surface area (Å²) in [6, 6.07) is 5.33. The van der Waals surface area contributed by atoms with Crippen molar-refractivity contribution < 1.29 is 19.0 Å². The number of methoxy groups -OCH3 is 3. The van der Waals surface area contributed by atoms with Crippen LogP contribution in [0.4, 0.5) is 0 Å². The molecule has 2 aromatic rings. The highest BCUT2D eigenvalue weighted by Gasteiger charge is 2.26. The van der Waals surface area contributed by atoms with Crippen LogP contribution in [0.2, 0.25) is 0 Å². The van der Waals surface area contributed by atoms with Crippen molar-refractivity contribution >= 4 is 5.91 Å². The van der Waals surface area contributed by atoms with Crippen LogP contribution in [0.15, 0.2) is 24.4 Å². The first-order valence-electron chi connectivity index (χ1n) is 10.1. The SMILES string of the molecule is COCCn1c(C)cnc1CC1CCN(C(=O)c2ccc(OC)cc2OC)CC1. The molecular weight excluding hydrogens is 370 g/mol. The molecule has 0 spiro atoms. The van der Waals surface area contributed by atoms with Crippen molar-refractivity contribution in [3.05, 3.63) is 41.5 Å². The Kier molecular flexibility index (Phi) is 7.14. The summed E-state index contributed by atoms with van der Waals surface area (Å²) >= 11 is 0. The van der Waals surface area contributed by atoms with E-state index in [0.717, 1.165) is 50.4 Å². The van der Waals surface area contributed by atoms with Crippen LogP contribution in [0.5, 0.6) is 11.5 Å². The summed E-state index contributed by atoms with van der Waals surface area (Å²) < 4.78 is 18.1. The number of rotatable bonds is 8. The molecule has 1 aliphatic rings. The number of amides is 1. The lowest BCUT2D eigenvalue weighted by Gasteiger charge is -2.32. The molecule has 7 nitrogen and oxygen atoms in total. The van der Waals surface area contributed by atoms with Gasteiger partial charge in [-0.3, -0.25) is 4.79 Å². The molecule has 0 aliphatic carbocycles. The summed E-state index contributed by atoms with van der Waals surface area (Å²) in [6.45, 7) is 5.08. The van der Waals surface area contributed by atoms with Gasteiger partial charge in [-0.15, -0.1) is 0 Å². The average Bonchev–Trinajstić information content (AvgIpc) is 3.10. The highest BCUT2D eigenvalue weighted by Crippen LogP contribution is 2.28. The van der Waals surface area contributed by atoms with Crippen LogP contribution in [0.25, 0.3) is 0 Å². The van der Waals surface area contributed by atoms with Gasteiger partial charge in [0.2, 0.25) is 0 Å². The second-order valence-electron chi connectivity index (χ2n) is 7.47. The van der Waals surface area contributed by atoms with Gasteiger partial charge in [0.1, 0.15) is 17.3 Å². The molecule has 1 amide bonds. The molecule has 0 atom stereocenters. The van der Waals surface area contributed by atoms with E-state index in [1.807, 2.05) is 11.1 Å². The number of piperidine rings is 1. The normalized spacial score (nSPS) is 14.8. The number of likely N-dealkylation sites (tertiary alicyclic amines) is 1. The minimum Gasteiger partial charge on any atom is -0.497 e. The lowest BCUT2D eigenvalue weighted by molar-refractivity contribution is 0.0686. The molecule has 1 aromatic carbocycles. The fraction of sp³-hybridized carbons (Fsp3) is 0.545. The lowest BCUT2D eigenvalue weighted by Crippen LogP contribution is -2.39. The molecule has 1 aliphatic heterocycles. The Morgan fingerprint density at radius 3 is 2.59 bits per heavy atom. The minimum atomic E-state index is 0.0143. The molecule has 1 aromatic heterocycles. The Bertz CT molecular complexity index is 825. The summed E-state index contributed by atoms with van der Waals surface area (Å²) in [5.74, 6) is 2.88. The van der Waals surface area contributed by atoms with Crippen molar-refractivity contribution in [2.24, 2.45) is 5.92 Å². The molecule has 0 N–H and O–H groups in total. The number of ether oxygens (including phenoxy) is 3. The van der Waals surface area contributed by atoms with E-state index in [9.17, 15) is 4.79 Å². The third-order valence-electron chi connectivity index (χ3n) is 5.67. The largest absolute Gasteiger partial charge is 0.497 e. The van der Waals surface area contributed by atoms with Crippen molar-refractivity contribution in [3.63, 3.8) is 0 Å². The highest BCUT2D eigenvalue weighted by molar-refractivity contribution is 5.97. The third kappa shape index (κ3) is 4.90.